The SMILES string of the molecule is COC(=O)CC[C@H](C)[C@H]1CC[C@@H]2[C@H]3[C@H](O)C[C@H]4C[C@H](O)CC[C@]4(C)[C@H]3C[C@H](O)[C@@]21C. The summed E-state index contributed by atoms with van der Waals surface area (Å²) in [6.07, 6.45) is 6.60. The van der Waals surface area contributed by atoms with Gasteiger partial charge in [-0.3, -0.25) is 4.79 Å². The largest absolute Gasteiger partial charge is 0.469 e. The number of fused-ring (bicyclic) bond motifs is 5. The van der Waals surface area contributed by atoms with Gasteiger partial charge in [0.25, 0.3) is 0 Å². The lowest BCUT2D eigenvalue weighted by molar-refractivity contribution is -0.207. The average molecular weight is 423 g/mol. The number of ether oxygens (including phenoxy) is 1. The zero-order valence-electron chi connectivity index (χ0n) is 19.2. The van der Waals surface area contributed by atoms with Gasteiger partial charge in [-0.1, -0.05) is 20.8 Å². The maximum absolute atomic E-state index is 11.7. The van der Waals surface area contributed by atoms with Crippen LogP contribution >= 0.6 is 0 Å². The predicted octanol–water partition coefficient (Wildman–Crippen LogP) is 3.54. The van der Waals surface area contributed by atoms with Gasteiger partial charge in [0.2, 0.25) is 0 Å². The molecule has 4 fully saturated rings. The highest BCUT2D eigenvalue weighted by atomic mass is 16.5. The molecule has 4 aliphatic carbocycles. The van der Waals surface area contributed by atoms with Gasteiger partial charge in [-0.05, 0) is 97.7 Å². The molecule has 0 aromatic rings. The normalized spacial score (nSPS) is 51.4. The summed E-state index contributed by atoms with van der Waals surface area (Å²) in [5, 5.41) is 33.1. The summed E-state index contributed by atoms with van der Waals surface area (Å²) in [7, 11) is 1.44. The van der Waals surface area contributed by atoms with Crippen LogP contribution < -0.4 is 0 Å². The molecule has 0 heterocycles. The number of aliphatic hydroxyl groups is 3. The molecule has 0 saturated heterocycles. The maximum atomic E-state index is 11.7. The summed E-state index contributed by atoms with van der Waals surface area (Å²) in [5.41, 5.74) is -0.0882. The molecule has 0 unspecified atom stereocenters. The van der Waals surface area contributed by atoms with E-state index in [1.54, 1.807) is 0 Å². The molecule has 4 rings (SSSR count). The summed E-state index contributed by atoms with van der Waals surface area (Å²) >= 11 is 0. The summed E-state index contributed by atoms with van der Waals surface area (Å²) in [6.45, 7) is 6.85. The minimum absolute atomic E-state index is 0.111. The molecule has 3 N–H and O–H groups in total. The minimum atomic E-state index is -0.369. The van der Waals surface area contributed by atoms with Crippen LogP contribution in [-0.4, -0.2) is 46.7 Å². The first-order valence-corrected chi connectivity index (χ1v) is 12.2. The van der Waals surface area contributed by atoms with Gasteiger partial charge in [0.15, 0.2) is 0 Å². The van der Waals surface area contributed by atoms with Crippen LogP contribution in [0.1, 0.15) is 78.6 Å². The fourth-order valence-electron chi connectivity index (χ4n) is 8.78. The number of methoxy groups -OCH3 is 1. The van der Waals surface area contributed by atoms with Gasteiger partial charge in [0, 0.05) is 6.42 Å². The van der Waals surface area contributed by atoms with E-state index < -0.39 is 0 Å². The first-order chi connectivity index (χ1) is 14.1. The van der Waals surface area contributed by atoms with Gasteiger partial charge in [0.05, 0.1) is 25.4 Å². The Bertz CT molecular complexity index is 651. The Morgan fingerprint density at radius 3 is 2.50 bits per heavy atom. The third-order valence-electron chi connectivity index (χ3n) is 10.6. The fraction of sp³-hybridized carbons (Fsp3) is 0.960. The molecule has 0 spiro atoms. The van der Waals surface area contributed by atoms with Crippen LogP contribution in [0.5, 0.6) is 0 Å². The number of esters is 1. The lowest BCUT2D eigenvalue weighted by Gasteiger charge is -2.63. The number of hydrogen-bond donors (Lipinski definition) is 3. The maximum Gasteiger partial charge on any atom is 0.305 e. The number of rotatable bonds is 4. The van der Waals surface area contributed by atoms with Crippen LogP contribution in [0.15, 0.2) is 0 Å². The van der Waals surface area contributed by atoms with Crippen molar-refractivity contribution in [2.24, 2.45) is 46.3 Å². The molecule has 0 aromatic heterocycles. The molecule has 30 heavy (non-hydrogen) atoms. The predicted molar refractivity (Wildman–Crippen MR) is 114 cm³/mol. The molecule has 0 bridgehead atoms. The Kier molecular flexibility index (Phi) is 6.04. The topological polar surface area (TPSA) is 87.0 Å². The fourth-order valence-corrected chi connectivity index (χ4v) is 8.78. The second-order valence-electron chi connectivity index (χ2n) is 11.6. The van der Waals surface area contributed by atoms with Crippen molar-refractivity contribution >= 4 is 5.97 Å². The van der Waals surface area contributed by atoms with Crippen molar-refractivity contribution in [2.75, 3.05) is 7.11 Å². The number of carbonyl (C=O) groups is 1. The summed E-state index contributed by atoms with van der Waals surface area (Å²) in [5.74, 6) is 1.81. The van der Waals surface area contributed by atoms with E-state index in [-0.39, 0.29) is 41.0 Å². The van der Waals surface area contributed by atoms with E-state index in [9.17, 15) is 20.1 Å². The molecular weight excluding hydrogens is 380 g/mol. The molecule has 0 radical (unpaired) electrons. The molecule has 5 heteroatoms. The monoisotopic (exact) mass is 422 g/mol. The van der Waals surface area contributed by atoms with Gasteiger partial charge in [-0.15, -0.1) is 0 Å². The molecule has 0 amide bonds. The van der Waals surface area contributed by atoms with Gasteiger partial charge in [0.1, 0.15) is 0 Å². The van der Waals surface area contributed by atoms with Crippen molar-refractivity contribution in [3.8, 4) is 0 Å². The van der Waals surface area contributed by atoms with Crippen molar-refractivity contribution in [3.05, 3.63) is 0 Å². The highest BCUT2D eigenvalue weighted by molar-refractivity contribution is 5.69. The van der Waals surface area contributed by atoms with Crippen LogP contribution in [0.2, 0.25) is 0 Å². The van der Waals surface area contributed by atoms with Crippen LogP contribution in [0.25, 0.3) is 0 Å². The van der Waals surface area contributed by atoms with Crippen LogP contribution in [0.4, 0.5) is 0 Å². The first kappa shape index (κ1) is 22.5. The minimum Gasteiger partial charge on any atom is -0.469 e. The van der Waals surface area contributed by atoms with Crippen LogP contribution in [0.3, 0.4) is 0 Å². The van der Waals surface area contributed by atoms with Crippen molar-refractivity contribution in [1.82, 2.24) is 0 Å². The third-order valence-corrected chi connectivity index (χ3v) is 10.6. The number of aliphatic hydroxyl groups excluding tert-OH is 3. The second kappa shape index (κ2) is 8.04. The van der Waals surface area contributed by atoms with Crippen molar-refractivity contribution in [3.63, 3.8) is 0 Å². The lowest BCUT2D eigenvalue weighted by atomic mass is 9.43. The molecular formula is C25H42O5. The Morgan fingerprint density at radius 2 is 1.80 bits per heavy atom. The smallest absolute Gasteiger partial charge is 0.305 e. The molecule has 5 nitrogen and oxygen atoms in total. The van der Waals surface area contributed by atoms with Gasteiger partial charge in [-0.25, -0.2) is 0 Å². The highest BCUT2D eigenvalue weighted by Crippen LogP contribution is 2.68. The van der Waals surface area contributed by atoms with Gasteiger partial charge in [-0.2, -0.15) is 0 Å². The average Bonchev–Trinajstić information content (AvgIpc) is 3.06. The summed E-state index contributed by atoms with van der Waals surface area (Å²) < 4.78 is 4.83. The van der Waals surface area contributed by atoms with E-state index >= 15 is 0 Å². The first-order valence-electron chi connectivity index (χ1n) is 12.2. The lowest BCUT2D eigenvalue weighted by Crippen LogP contribution is -2.62. The van der Waals surface area contributed by atoms with Crippen molar-refractivity contribution in [1.29, 1.82) is 0 Å². The quantitative estimate of drug-likeness (QED) is 0.603. The van der Waals surface area contributed by atoms with E-state index in [2.05, 4.69) is 20.8 Å². The summed E-state index contributed by atoms with van der Waals surface area (Å²) in [6, 6.07) is 0. The molecule has 0 aromatic carbocycles. The van der Waals surface area contributed by atoms with Gasteiger partial charge >= 0.3 is 5.97 Å². The summed E-state index contributed by atoms with van der Waals surface area (Å²) in [4.78, 5) is 11.7. The standard InChI is InChI=1S/C25H42O5/c1-14(5-8-22(29)30-4)17-6-7-18-23-19(13-21(28)25(17,18)3)24(2)10-9-16(26)11-15(24)12-20(23)27/h14-21,23,26-28H,5-13H2,1-4H3/t14-,15+,16+,17+,18+,19-,20+,21-,23+,24-,25+/m0/s1. The Morgan fingerprint density at radius 1 is 1.07 bits per heavy atom. The van der Waals surface area contributed by atoms with E-state index in [0.717, 1.165) is 51.4 Å². The van der Waals surface area contributed by atoms with Crippen LogP contribution in [0, 0.1) is 46.3 Å². The Labute approximate surface area is 181 Å². The highest BCUT2D eigenvalue weighted by Gasteiger charge is 2.65. The number of carbonyl (C=O) groups excluding carboxylic acids is 1. The molecule has 172 valence electrons. The van der Waals surface area contributed by atoms with Crippen LogP contribution in [-0.2, 0) is 9.53 Å². The molecule has 4 saturated carbocycles. The van der Waals surface area contributed by atoms with Crippen molar-refractivity contribution < 1.29 is 24.9 Å². The van der Waals surface area contributed by atoms with E-state index in [1.165, 1.54) is 7.11 Å². The van der Waals surface area contributed by atoms with Gasteiger partial charge < -0.3 is 20.1 Å². The van der Waals surface area contributed by atoms with E-state index in [4.69, 9.17) is 4.74 Å². The molecule has 0 aliphatic heterocycles. The number of hydrogen-bond acceptors (Lipinski definition) is 5. The van der Waals surface area contributed by atoms with Crippen molar-refractivity contribution in [2.45, 2.75) is 96.9 Å². The molecule has 11 atom stereocenters. The Balaban J connectivity index is 1.58. The molecule has 4 aliphatic rings. The zero-order valence-corrected chi connectivity index (χ0v) is 19.2. The van der Waals surface area contributed by atoms with E-state index in [1.807, 2.05) is 0 Å². The third kappa shape index (κ3) is 3.34. The Hall–Kier alpha value is -0.650. The zero-order chi connectivity index (χ0) is 21.8. The second-order valence-corrected chi connectivity index (χ2v) is 11.6. The van der Waals surface area contributed by atoms with E-state index in [0.29, 0.717) is 36.0 Å².